The first-order valence-corrected chi connectivity index (χ1v) is 6.75. The van der Waals surface area contributed by atoms with Crippen LogP contribution in [0.2, 0.25) is 0 Å². The molecule has 0 amide bonds. The summed E-state index contributed by atoms with van der Waals surface area (Å²) in [4.78, 5) is 4.05. The van der Waals surface area contributed by atoms with Crippen LogP contribution in [0, 0.1) is 5.92 Å². The number of rotatable bonds is 4. The van der Waals surface area contributed by atoms with E-state index in [1.165, 1.54) is 37.7 Å². The van der Waals surface area contributed by atoms with E-state index in [2.05, 4.69) is 24.0 Å². The third kappa shape index (κ3) is 2.98. The van der Waals surface area contributed by atoms with E-state index < -0.39 is 0 Å². The molecule has 0 aromatic carbocycles. The molecule has 0 bridgehead atoms. The lowest BCUT2D eigenvalue weighted by molar-refractivity contribution is 0.465. The van der Waals surface area contributed by atoms with Gasteiger partial charge in [-0.1, -0.05) is 32.6 Å². The van der Waals surface area contributed by atoms with Crippen LogP contribution in [0.1, 0.15) is 50.5 Å². The van der Waals surface area contributed by atoms with Crippen molar-refractivity contribution in [1.29, 1.82) is 0 Å². The van der Waals surface area contributed by atoms with Gasteiger partial charge in [0.15, 0.2) is 0 Å². The van der Waals surface area contributed by atoms with E-state index in [1.54, 1.807) is 0 Å². The van der Waals surface area contributed by atoms with Gasteiger partial charge in [-0.3, -0.25) is 4.98 Å². The molecule has 0 spiro atoms. The number of halogens is 1. The Morgan fingerprint density at radius 3 is 2.56 bits per heavy atom. The van der Waals surface area contributed by atoms with Crippen molar-refractivity contribution in [2.24, 2.45) is 5.92 Å². The maximum atomic E-state index is 6.53. The third-order valence-corrected chi connectivity index (χ3v) is 4.36. The van der Waals surface area contributed by atoms with Crippen LogP contribution in [0.15, 0.2) is 24.5 Å². The highest BCUT2D eigenvalue weighted by Gasteiger charge is 2.23. The number of pyridine rings is 1. The molecule has 1 saturated carbocycles. The lowest BCUT2D eigenvalue weighted by Crippen LogP contribution is -2.13. The van der Waals surface area contributed by atoms with Crippen LogP contribution < -0.4 is 0 Å². The van der Waals surface area contributed by atoms with Crippen LogP contribution in [-0.4, -0.2) is 10.4 Å². The van der Waals surface area contributed by atoms with E-state index in [-0.39, 0.29) is 5.38 Å². The zero-order valence-corrected chi connectivity index (χ0v) is 10.7. The largest absolute Gasteiger partial charge is 0.265 e. The van der Waals surface area contributed by atoms with E-state index in [0.717, 1.165) is 5.92 Å². The van der Waals surface area contributed by atoms with E-state index in [9.17, 15) is 0 Å². The predicted octanol–water partition coefficient (Wildman–Crippen LogP) is 4.37. The zero-order chi connectivity index (χ0) is 11.4. The summed E-state index contributed by atoms with van der Waals surface area (Å²) in [6.45, 7) is 2.22. The Balaban J connectivity index is 1.91. The molecule has 2 heteroatoms. The second kappa shape index (κ2) is 5.67. The number of nitrogens with zero attached hydrogens (tertiary/aromatic N) is 1. The van der Waals surface area contributed by atoms with Crippen LogP contribution in [0.5, 0.6) is 0 Å². The van der Waals surface area contributed by atoms with Gasteiger partial charge >= 0.3 is 0 Å². The Bertz CT molecular complexity index is 306. The summed E-state index contributed by atoms with van der Waals surface area (Å²) in [5, 5.41) is 0.269. The molecular formula is C14H20ClN. The van der Waals surface area contributed by atoms with Crippen molar-refractivity contribution in [3.8, 4) is 0 Å². The molecule has 1 nitrogen and oxygen atoms in total. The highest BCUT2D eigenvalue weighted by atomic mass is 35.5. The maximum Gasteiger partial charge on any atom is 0.0404 e. The molecule has 1 heterocycles. The quantitative estimate of drug-likeness (QED) is 0.709. The van der Waals surface area contributed by atoms with E-state index >= 15 is 0 Å². The van der Waals surface area contributed by atoms with Crippen LogP contribution in [0.4, 0.5) is 0 Å². The van der Waals surface area contributed by atoms with Crippen molar-refractivity contribution in [2.45, 2.75) is 50.3 Å². The Kier molecular flexibility index (Phi) is 4.22. The van der Waals surface area contributed by atoms with Gasteiger partial charge in [0.05, 0.1) is 0 Å². The van der Waals surface area contributed by atoms with Crippen molar-refractivity contribution in [1.82, 2.24) is 4.98 Å². The predicted molar refractivity (Wildman–Crippen MR) is 68.9 cm³/mol. The highest BCUT2D eigenvalue weighted by Crippen LogP contribution is 2.34. The normalized spacial score (nSPS) is 20.9. The Hall–Kier alpha value is -0.560. The lowest BCUT2D eigenvalue weighted by atomic mass is 9.91. The second-order valence-corrected chi connectivity index (χ2v) is 5.53. The smallest absolute Gasteiger partial charge is 0.0404 e. The SMILES string of the molecule is CC(c1ccncc1)C(Cl)CC1CCCC1. The third-order valence-electron chi connectivity index (χ3n) is 3.81. The Labute approximate surface area is 103 Å². The standard InChI is InChI=1S/C14H20ClN/c1-11(13-6-8-16-9-7-13)14(15)10-12-4-2-3-5-12/h6-9,11-12,14H,2-5,10H2,1H3. The van der Waals surface area contributed by atoms with Crippen molar-refractivity contribution in [3.63, 3.8) is 0 Å². The monoisotopic (exact) mass is 237 g/mol. The fourth-order valence-electron chi connectivity index (χ4n) is 2.64. The van der Waals surface area contributed by atoms with Gasteiger partial charge in [0.1, 0.15) is 0 Å². The van der Waals surface area contributed by atoms with Gasteiger partial charge in [0.25, 0.3) is 0 Å². The van der Waals surface area contributed by atoms with Gasteiger partial charge in [0, 0.05) is 17.8 Å². The summed E-state index contributed by atoms with van der Waals surface area (Å²) in [7, 11) is 0. The van der Waals surface area contributed by atoms with Crippen molar-refractivity contribution < 1.29 is 0 Å². The van der Waals surface area contributed by atoms with Crippen molar-refractivity contribution >= 4 is 11.6 Å². The first-order chi connectivity index (χ1) is 7.77. The van der Waals surface area contributed by atoms with Gasteiger partial charge in [-0.25, -0.2) is 0 Å². The molecule has 1 fully saturated rings. The first-order valence-electron chi connectivity index (χ1n) is 6.31. The molecule has 0 aliphatic heterocycles. The molecule has 88 valence electrons. The topological polar surface area (TPSA) is 12.9 Å². The van der Waals surface area contributed by atoms with Gasteiger partial charge < -0.3 is 0 Å². The molecular weight excluding hydrogens is 218 g/mol. The number of alkyl halides is 1. The molecule has 0 saturated heterocycles. The molecule has 2 atom stereocenters. The summed E-state index contributed by atoms with van der Waals surface area (Å²) >= 11 is 6.53. The Morgan fingerprint density at radius 1 is 1.31 bits per heavy atom. The minimum absolute atomic E-state index is 0.269. The van der Waals surface area contributed by atoms with Gasteiger partial charge in [-0.2, -0.15) is 0 Å². The summed E-state index contributed by atoms with van der Waals surface area (Å²) in [5.74, 6) is 1.30. The molecule has 1 aliphatic carbocycles. The average Bonchev–Trinajstić information content (AvgIpc) is 2.82. The molecule has 2 rings (SSSR count). The maximum absolute atomic E-state index is 6.53. The van der Waals surface area contributed by atoms with Crippen LogP contribution in [0.25, 0.3) is 0 Å². The van der Waals surface area contributed by atoms with E-state index in [0.29, 0.717) is 5.92 Å². The summed E-state index contributed by atoms with van der Waals surface area (Å²) in [6, 6.07) is 4.16. The van der Waals surface area contributed by atoms with Crippen LogP contribution >= 0.6 is 11.6 Å². The number of hydrogen-bond acceptors (Lipinski definition) is 1. The van der Waals surface area contributed by atoms with Gasteiger partial charge in [-0.15, -0.1) is 11.6 Å². The summed E-state index contributed by atoms with van der Waals surface area (Å²) < 4.78 is 0. The molecule has 1 aliphatic rings. The fraction of sp³-hybridized carbons (Fsp3) is 0.643. The van der Waals surface area contributed by atoms with E-state index in [4.69, 9.17) is 11.6 Å². The molecule has 1 aromatic rings. The number of aromatic nitrogens is 1. The van der Waals surface area contributed by atoms with Crippen LogP contribution in [0.3, 0.4) is 0 Å². The zero-order valence-electron chi connectivity index (χ0n) is 9.90. The van der Waals surface area contributed by atoms with E-state index in [1.807, 2.05) is 12.4 Å². The molecule has 16 heavy (non-hydrogen) atoms. The molecule has 2 unspecified atom stereocenters. The lowest BCUT2D eigenvalue weighted by Gasteiger charge is -2.21. The molecule has 1 aromatic heterocycles. The van der Waals surface area contributed by atoms with Gasteiger partial charge in [-0.05, 0) is 36.0 Å². The first kappa shape index (κ1) is 11.9. The number of hydrogen-bond donors (Lipinski definition) is 0. The van der Waals surface area contributed by atoms with Crippen molar-refractivity contribution in [3.05, 3.63) is 30.1 Å². The van der Waals surface area contributed by atoms with Crippen molar-refractivity contribution in [2.75, 3.05) is 0 Å². The van der Waals surface area contributed by atoms with Gasteiger partial charge in [0.2, 0.25) is 0 Å². The van der Waals surface area contributed by atoms with Crippen LogP contribution in [-0.2, 0) is 0 Å². The highest BCUT2D eigenvalue weighted by molar-refractivity contribution is 6.21. The average molecular weight is 238 g/mol. The molecule has 0 radical (unpaired) electrons. The molecule has 0 N–H and O–H groups in total. The second-order valence-electron chi connectivity index (χ2n) is 4.97. The minimum Gasteiger partial charge on any atom is -0.265 e. The summed E-state index contributed by atoms with van der Waals surface area (Å²) in [6.07, 6.45) is 10.4. The fourth-order valence-corrected chi connectivity index (χ4v) is 3.04. The Morgan fingerprint density at radius 2 is 1.94 bits per heavy atom. The minimum atomic E-state index is 0.269. The summed E-state index contributed by atoms with van der Waals surface area (Å²) in [5.41, 5.74) is 1.31.